The summed E-state index contributed by atoms with van der Waals surface area (Å²) in [7, 11) is 0. The molecule has 3 heterocycles. The zero-order valence-corrected chi connectivity index (χ0v) is 17.4. The summed E-state index contributed by atoms with van der Waals surface area (Å²) in [5, 5.41) is 7.92. The molecule has 1 aromatic carbocycles. The Morgan fingerprint density at radius 2 is 1.90 bits per heavy atom. The Kier molecular flexibility index (Phi) is 5.32. The Labute approximate surface area is 181 Å². The van der Waals surface area contributed by atoms with Crippen molar-refractivity contribution in [3.05, 3.63) is 71.4 Å². The van der Waals surface area contributed by atoms with Crippen molar-refractivity contribution in [2.45, 2.75) is 38.6 Å². The molecule has 1 aliphatic heterocycles. The molecule has 2 aliphatic rings. The molecule has 5 rings (SSSR count). The lowest BCUT2D eigenvalue weighted by atomic mass is 9.95. The second-order valence-corrected chi connectivity index (χ2v) is 8.27. The molecule has 31 heavy (non-hydrogen) atoms. The normalized spacial score (nSPS) is 16.3. The van der Waals surface area contributed by atoms with E-state index in [0.29, 0.717) is 38.0 Å². The number of likely N-dealkylation sites (tertiary alicyclic amines) is 1. The molecule has 0 radical (unpaired) electrons. The minimum absolute atomic E-state index is 0.0328. The van der Waals surface area contributed by atoms with Crippen LogP contribution in [0.25, 0.3) is 5.69 Å². The minimum atomic E-state index is -0.0716. The van der Waals surface area contributed by atoms with E-state index >= 15 is 0 Å². The van der Waals surface area contributed by atoms with Crippen LogP contribution in [0, 0.1) is 5.92 Å². The van der Waals surface area contributed by atoms with Gasteiger partial charge >= 0.3 is 0 Å². The summed E-state index contributed by atoms with van der Waals surface area (Å²) >= 11 is 0. The molecule has 0 bridgehead atoms. The van der Waals surface area contributed by atoms with Gasteiger partial charge in [0.1, 0.15) is 6.26 Å². The number of nitrogens with one attached hydrogen (secondary N) is 1. The maximum atomic E-state index is 12.8. The first-order chi connectivity index (χ1) is 15.2. The standard InChI is InChI=1S/C24H26N4O3/c29-23(17-9-12-27(13-10-17)24(30)18-11-14-31-16-18)25-15-21-20-7-4-8-22(20)28(26-21)19-5-2-1-3-6-19/h1-3,5-6,11,14,16-17H,4,7-10,12-13,15H2,(H,25,29). The van der Waals surface area contributed by atoms with E-state index in [4.69, 9.17) is 9.52 Å². The van der Waals surface area contributed by atoms with E-state index in [1.54, 1.807) is 11.0 Å². The highest BCUT2D eigenvalue weighted by Gasteiger charge is 2.29. The van der Waals surface area contributed by atoms with Gasteiger partial charge in [-0.15, -0.1) is 0 Å². The summed E-state index contributed by atoms with van der Waals surface area (Å²) in [5.74, 6) is -0.0521. The van der Waals surface area contributed by atoms with E-state index in [-0.39, 0.29) is 17.7 Å². The van der Waals surface area contributed by atoms with Crippen molar-refractivity contribution < 1.29 is 14.0 Å². The van der Waals surface area contributed by atoms with Gasteiger partial charge in [0.25, 0.3) is 5.91 Å². The molecule has 3 aromatic rings. The van der Waals surface area contributed by atoms with Gasteiger partial charge in [0, 0.05) is 24.7 Å². The van der Waals surface area contributed by atoms with Crippen LogP contribution in [0.5, 0.6) is 0 Å². The zero-order valence-electron chi connectivity index (χ0n) is 17.4. The first-order valence-corrected chi connectivity index (χ1v) is 10.9. The van der Waals surface area contributed by atoms with Gasteiger partial charge in [-0.2, -0.15) is 5.10 Å². The SMILES string of the molecule is O=C(NCc1nn(-c2ccccc2)c2c1CCC2)C1CCN(C(=O)c2ccoc2)CC1. The van der Waals surface area contributed by atoms with Gasteiger partial charge in [0.2, 0.25) is 5.91 Å². The van der Waals surface area contributed by atoms with Crippen molar-refractivity contribution in [2.75, 3.05) is 13.1 Å². The van der Waals surface area contributed by atoms with Gasteiger partial charge in [-0.05, 0) is 55.9 Å². The van der Waals surface area contributed by atoms with Crippen molar-refractivity contribution in [3.63, 3.8) is 0 Å². The fourth-order valence-corrected chi connectivity index (χ4v) is 4.67. The third-order valence-electron chi connectivity index (χ3n) is 6.37. The highest BCUT2D eigenvalue weighted by molar-refractivity contribution is 5.94. The molecular formula is C24H26N4O3. The van der Waals surface area contributed by atoms with Crippen LogP contribution in [0.4, 0.5) is 0 Å². The van der Waals surface area contributed by atoms with E-state index in [9.17, 15) is 9.59 Å². The fourth-order valence-electron chi connectivity index (χ4n) is 4.67. The lowest BCUT2D eigenvalue weighted by molar-refractivity contribution is -0.126. The summed E-state index contributed by atoms with van der Waals surface area (Å²) in [6, 6.07) is 11.8. The Hall–Kier alpha value is -3.35. The van der Waals surface area contributed by atoms with E-state index in [0.717, 1.165) is 30.6 Å². The average Bonchev–Trinajstić information content (AvgIpc) is 3.56. The molecule has 0 atom stereocenters. The molecule has 160 valence electrons. The Bertz CT molecular complexity index is 1060. The number of rotatable bonds is 5. The summed E-state index contributed by atoms with van der Waals surface area (Å²) in [6.45, 7) is 1.62. The molecule has 2 aromatic heterocycles. The Morgan fingerprint density at radius 1 is 1.10 bits per heavy atom. The molecule has 2 amide bonds. The molecule has 0 spiro atoms. The van der Waals surface area contributed by atoms with Crippen molar-refractivity contribution in [1.29, 1.82) is 0 Å². The molecule has 7 heteroatoms. The number of benzene rings is 1. The predicted molar refractivity (Wildman–Crippen MR) is 115 cm³/mol. The van der Waals surface area contributed by atoms with Gasteiger partial charge in [-0.1, -0.05) is 18.2 Å². The van der Waals surface area contributed by atoms with Crippen LogP contribution in [0.1, 0.15) is 46.6 Å². The number of hydrogen-bond donors (Lipinski definition) is 1. The van der Waals surface area contributed by atoms with Crippen LogP contribution < -0.4 is 5.32 Å². The summed E-state index contributed by atoms with van der Waals surface area (Å²) in [5.41, 5.74) is 5.14. The second kappa shape index (κ2) is 8.41. The molecule has 7 nitrogen and oxygen atoms in total. The first kappa shape index (κ1) is 19.6. The van der Waals surface area contributed by atoms with Crippen LogP contribution in [-0.4, -0.2) is 39.6 Å². The predicted octanol–water partition coefficient (Wildman–Crippen LogP) is 3.12. The number of furan rings is 1. The first-order valence-electron chi connectivity index (χ1n) is 10.9. The highest BCUT2D eigenvalue weighted by Crippen LogP contribution is 2.28. The molecule has 1 N–H and O–H groups in total. The fraction of sp³-hybridized carbons (Fsp3) is 0.375. The number of carbonyl (C=O) groups excluding carboxylic acids is 2. The Morgan fingerprint density at radius 3 is 2.65 bits per heavy atom. The third kappa shape index (κ3) is 3.87. The van der Waals surface area contributed by atoms with Gasteiger partial charge in [-0.25, -0.2) is 4.68 Å². The van der Waals surface area contributed by atoms with E-state index in [1.807, 2.05) is 22.9 Å². The summed E-state index contributed by atoms with van der Waals surface area (Å²) < 4.78 is 7.03. The third-order valence-corrected chi connectivity index (χ3v) is 6.37. The van der Waals surface area contributed by atoms with Crippen molar-refractivity contribution >= 4 is 11.8 Å². The molecule has 1 aliphatic carbocycles. The van der Waals surface area contributed by atoms with Crippen LogP contribution in [0.3, 0.4) is 0 Å². The largest absolute Gasteiger partial charge is 0.472 e. The van der Waals surface area contributed by atoms with Crippen molar-refractivity contribution in [2.24, 2.45) is 5.92 Å². The Balaban J connectivity index is 1.20. The van der Waals surface area contributed by atoms with Crippen LogP contribution in [-0.2, 0) is 24.2 Å². The molecule has 1 saturated heterocycles. The monoisotopic (exact) mass is 418 g/mol. The number of amides is 2. The summed E-state index contributed by atoms with van der Waals surface area (Å²) in [4.78, 5) is 27.0. The minimum Gasteiger partial charge on any atom is -0.472 e. The van der Waals surface area contributed by atoms with Gasteiger partial charge in [0.15, 0.2) is 0 Å². The second-order valence-electron chi connectivity index (χ2n) is 8.27. The number of para-hydroxylation sites is 1. The molecule has 1 fully saturated rings. The van der Waals surface area contributed by atoms with Crippen LogP contribution in [0.15, 0.2) is 53.3 Å². The topological polar surface area (TPSA) is 80.4 Å². The van der Waals surface area contributed by atoms with Crippen molar-refractivity contribution in [1.82, 2.24) is 20.0 Å². The smallest absolute Gasteiger partial charge is 0.257 e. The quantitative estimate of drug-likeness (QED) is 0.690. The lowest BCUT2D eigenvalue weighted by Gasteiger charge is -2.31. The van der Waals surface area contributed by atoms with E-state index in [1.165, 1.54) is 23.8 Å². The summed E-state index contributed by atoms with van der Waals surface area (Å²) in [6.07, 6.45) is 7.48. The molecule has 0 unspecified atom stereocenters. The number of hydrogen-bond acceptors (Lipinski definition) is 4. The van der Waals surface area contributed by atoms with E-state index in [2.05, 4.69) is 17.4 Å². The van der Waals surface area contributed by atoms with Crippen molar-refractivity contribution in [3.8, 4) is 5.69 Å². The number of piperidine rings is 1. The highest BCUT2D eigenvalue weighted by atomic mass is 16.3. The maximum absolute atomic E-state index is 12.8. The van der Waals surface area contributed by atoms with Gasteiger partial charge in [-0.3, -0.25) is 9.59 Å². The molecule has 0 saturated carbocycles. The van der Waals surface area contributed by atoms with Gasteiger partial charge in [0.05, 0.1) is 29.8 Å². The lowest BCUT2D eigenvalue weighted by Crippen LogP contribution is -2.42. The number of fused-ring (bicyclic) bond motifs is 1. The number of carbonyl (C=O) groups is 2. The maximum Gasteiger partial charge on any atom is 0.257 e. The van der Waals surface area contributed by atoms with E-state index < -0.39 is 0 Å². The molecular weight excluding hydrogens is 392 g/mol. The van der Waals surface area contributed by atoms with Crippen LogP contribution >= 0.6 is 0 Å². The van der Waals surface area contributed by atoms with Crippen LogP contribution in [0.2, 0.25) is 0 Å². The number of nitrogens with zero attached hydrogens (tertiary/aromatic N) is 3. The average molecular weight is 418 g/mol. The number of aromatic nitrogens is 2. The van der Waals surface area contributed by atoms with Gasteiger partial charge < -0.3 is 14.6 Å². The zero-order chi connectivity index (χ0) is 21.2.